The number of hydrogen-bond donors (Lipinski definition) is 0. The molecule has 6 aromatic rings. The third kappa shape index (κ3) is 13.0. The van der Waals surface area contributed by atoms with Gasteiger partial charge in [0.25, 0.3) is 0 Å². The number of fused-ring (bicyclic) bond motifs is 4. The summed E-state index contributed by atoms with van der Waals surface area (Å²) in [5, 5.41) is 11.8. The quantitative estimate of drug-likeness (QED) is 0.0323. The Bertz CT molecular complexity index is 2160. The first kappa shape index (κ1) is 49.2. The SMILES string of the molecule is CCCCCCCCc1c2ccccc2c(CCCCCCCC)c2c(Oc3c(Cl)ccc4c(CCCCCCCC)c5ccccc5c(CCCCCCCC)c34)c(Cl)ccc12. The van der Waals surface area contributed by atoms with Gasteiger partial charge in [0.05, 0.1) is 10.0 Å². The van der Waals surface area contributed by atoms with Gasteiger partial charge in [-0.05, 0) is 118 Å². The Morgan fingerprint density at radius 1 is 0.302 bits per heavy atom. The summed E-state index contributed by atoms with van der Waals surface area (Å²) in [6.07, 6.45) is 34.5. The van der Waals surface area contributed by atoms with Crippen molar-refractivity contribution in [3.05, 3.63) is 105 Å². The lowest BCUT2D eigenvalue weighted by Crippen LogP contribution is -2.02. The highest BCUT2D eigenvalue weighted by molar-refractivity contribution is 6.35. The highest BCUT2D eigenvalue weighted by Crippen LogP contribution is 2.49. The van der Waals surface area contributed by atoms with Gasteiger partial charge in [-0.1, -0.05) is 240 Å². The molecule has 0 aliphatic rings. The van der Waals surface area contributed by atoms with Crippen LogP contribution in [0.4, 0.5) is 0 Å². The summed E-state index contributed by atoms with van der Waals surface area (Å²) in [6, 6.07) is 27.2. The van der Waals surface area contributed by atoms with Gasteiger partial charge in [-0.2, -0.15) is 0 Å². The minimum absolute atomic E-state index is 0.658. The molecule has 0 saturated heterocycles. The van der Waals surface area contributed by atoms with Gasteiger partial charge in [0.2, 0.25) is 0 Å². The number of ether oxygens (including phenoxy) is 1. The van der Waals surface area contributed by atoms with Crippen LogP contribution in [-0.2, 0) is 25.7 Å². The molecule has 0 heterocycles. The Morgan fingerprint density at radius 3 is 0.889 bits per heavy atom. The molecule has 0 aromatic heterocycles. The van der Waals surface area contributed by atoms with Gasteiger partial charge in [-0.25, -0.2) is 0 Å². The first-order valence-corrected chi connectivity index (χ1v) is 26.8. The minimum atomic E-state index is 0.658. The summed E-state index contributed by atoms with van der Waals surface area (Å²) in [5.74, 6) is 1.55. The van der Waals surface area contributed by atoms with Crippen LogP contribution in [0.3, 0.4) is 0 Å². The molecule has 0 aliphatic heterocycles. The Labute approximate surface area is 393 Å². The lowest BCUT2D eigenvalue weighted by atomic mass is 9.86. The third-order valence-corrected chi connectivity index (χ3v) is 14.5. The zero-order valence-corrected chi connectivity index (χ0v) is 41.4. The van der Waals surface area contributed by atoms with Gasteiger partial charge in [-0.3, -0.25) is 0 Å². The Morgan fingerprint density at radius 2 is 0.571 bits per heavy atom. The molecule has 0 amide bonds. The van der Waals surface area contributed by atoms with E-state index in [1.165, 1.54) is 207 Å². The van der Waals surface area contributed by atoms with E-state index in [1.807, 2.05) is 0 Å². The lowest BCUT2D eigenvalue weighted by molar-refractivity contribution is 0.493. The second-order valence-corrected chi connectivity index (χ2v) is 19.6. The molecule has 63 heavy (non-hydrogen) atoms. The molecule has 0 spiro atoms. The van der Waals surface area contributed by atoms with Gasteiger partial charge < -0.3 is 4.74 Å². The lowest BCUT2D eigenvalue weighted by Gasteiger charge is -2.23. The fourth-order valence-electron chi connectivity index (χ4n) is 10.5. The predicted octanol–water partition coefficient (Wildman–Crippen LogP) is 21.0. The normalized spacial score (nSPS) is 11.8. The van der Waals surface area contributed by atoms with Crippen LogP contribution in [0, 0.1) is 0 Å². The summed E-state index contributed by atoms with van der Waals surface area (Å²) >= 11 is 15.0. The van der Waals surface area contributed by atoms with E-state index in [9.17, 15) is 0 Å². The van der Waals surface area contributed by atoms with Crippen LogP contribution in [0.2, 0.25) is 10.0 Å². The van der Waals surface area contributed by atoms with E-state index in [0.717, 1.165) is 50.0 Å². The summed E-state index contributed by atoms with van der Waals surface area (Å²) in [6.45, 7) is 9.20. The molecule has 6 rings (SSSR count). The molecule has 0 fully saturated rings. The molecule has 6 aromatic carbocycles. The zero-order valence-electron chi connectivity index (χ0n) is 39.9. The van der Waals surface area contributed by atoms with Crippen LogP contribution in [0.1, 0.15) is 204 Å². The van der Waals surface area contributed by atoms with E-state index in [4.69, 9.17) is 27.9 Å². The zero-order chi connectivity index (χ0) is 44.2. The van der Waals surface area contributed by atoms with Crippen molar-refractivity contribution in [2.24, 2.45) is 0 Å². The molecular weight excluding hydrogens is 808 g/mol. The summed E-state index contributed by atoms with van der Waals surface area (Å²) < 4.78 is 7.55. The fraction of sp³-hybridized carbons (Fsp3) is 0.533. The number of rotatable bonds is 30. The van der Waals surface area contributed by atoms with Gasteiger partial charge in [-0.15, -0.1) is 0 Å². The monoisotopic (exact) mass is 887 g/mol. The van der Waals surface area contributed by atoms with Crippen molar-refractivity contribution in [2.75, 3.05) is 0 Å². The molecule has 0 bridgehead atoms. The van der Waals surface area contributed by atoms with Crippen molar-refractivity contribution in [3.8, 4) is 11.5 Å². The number of benzene rings is 6. The molecule has 0 N–H and O–H groups in total. The first-order valence-electron chi connectivity index (χ1n) is 26.0. The highest BCUT2D eigenvalue weighted by atomic mass is 35.5. The summed E-state index contributed by atoms with van der Waals surface area (Å²) in [7, 11) is 0. The van der Waals surface area contributed by atoms with Gasteiger partial charge >= 0.3 is 0 Å². The Hall–Kier alpha value is -3.26. The van der Waals surface area contributed by atoms with E-state index in [1.54, 1.807) is 0 Å². The van der Waals surface area contributed by atoms with Crippen LogP contribution < -0.4 is 4.74 Å². The largest absolute Gasteiger partial charge is 0.453 e. The average Bonchev–Trinajstić information content (AvgIpc) is 3.30. The maximum Gasteiger partial charge on any atom is 0.154 e. The van der Waals surface area contributed by atoms with Crippen LogP contribution in [0.15, 0.2) is 72.8 Å². The standard InChI is InChI=1S/C60H80Cl2O/c1-5-9-13-17-21-25-33-49-45-35-29-31-37-47(45)51(39-27-23-19-15-11-7-3)57-53(49)41-43-55(61)59(57)63-60-56(62)44-42-54-50(34-26-22-18-14-10-6-2)46-36-30-32-38-48(46)52(58(54)60)40-28-24-20-16-12-8-4/h29-32,35-38,41-44H,5-28,33-34,39-40H2,1-4H3. The predicted molar refractivity (Wildman–Crippen MR) is 281 cm³/mol. The molecule has 1 nitrogen and oxygen atoms in total. The van der Waals surface area contributed by atoms with E-state index < -0.39 is 0 Å². The smallest absolute Gasteiger partial charge is 0.154 e. The van der Waals surface area contributed by atoms with Crippen molar-refractivity contribution < 1.29 is 4.74 Å². The highest BCUT2D eigenvalue weighted by Gasteiger charge is 2.24. The molecule has 0 atom stereocenters. The van der Waals surface area contributed by atoms with Crippen molar-refractivity contribution in [1.29, 1.82) is 0 Å². The van der Waals surface area contributed by atoms with Crippen molar-refractivity contribution in [2.45, 2.75) is 207 Å². The van der Waals surface area contributed by atoms with Crippen LogP contribution in [-0.4, -0.2) is 0 Å². The van der Waals surface area contributed by atoms with Crippen molar-refractivity contribution in [1.82, 2.24) is 0 Å². The Kier molecular flexibility index (Phi) is 20.8. The number of unbranched alkanes of at least 4 members (excludes halogenated alkanes) is 20. The van der Waals surface area contributed by atoms with Crippen LogP contribution in [0.25, 0.3) is 43.1 Å². The van der Waals surface area contributed by atoms with Crippen molar-refractivity contribution >= 4 is 66.3 Å². The molecule has 340 valence electrons. The van der Waals surface area contributed by atoms with E-state index in [2.05, 4.69) is 100 Å². The summed E-state index contributed by atoms with van der Waals surface area (Å²) in [4.78, 5) is 0. The van der Waals surface area contributed by atoms with E-state index >= 15 is 0 Å². The maximum atomic E-state index is 7.55. The second kappa shape index (κ2) is 26.6. The molecule has 0 unspecified atom stereocenters. The maximum absolute atomic E-state index is 7.55. The number of halogens is 2. The average molecular weight is 888 g/mol. The number of aryl methyl sites for hydroxylation is 4. The molecule has 0 saturated carbocycles. The topological polar surface area (TPSA) is 9.23 Å². The van der Waals surface area contributed by atoms with Gasteiger partial charge in [0, 0.05) is 10.8 Å². The first-order chi connectivity index (χ1) is 31.0. The molecule has 0 aliphatic carbocycles. The molecule has 0 radical (unpaired) electrons. The van der Waals surface area contributed by atoms with E-state index in [-0.39, 0.29) is 0 Å². The minimum Gasteiger partial charge on any atom is -0.453 e. The molecule has 3 heteroatoms. The van der Waals surface area contributed by atoms with Crippen LogP contribution >= 0.6 is 23.2 Å². The third-order valence-electron chi connectivity index (χ3n) is 14.0. The van der Waals surface area contributed by atoms with Gasteiger partial charge in [0.15, 0.2) is 11.5 Å². The van der Waals surface area contributed by atoms with Crippen molar-refractivity contribution in [3.63, 3.8) is 0 Å². The number of hydrogen-bond acceptors (Lipinski definition) is 1. The summed E-state index contributed by atoms with van der Waals surface area (Å²) in [5.41, 5.74) is 5.62. The second-order valence-electron chi connectivity index (χ2n) is 18.8. The fourth-order valence-corrected chi connectivity index (χ4v) is 10.9. The van der Waals surface area contributed by atoms with Gasteiger partial charge in [0.1, 0.15) is 0 Å². The Balaban J connectivity index is 1.53. The molecular formula is C60H80Cl2O. The van der Waals surface area contributed by atoms with E-state index in [0.29, 0.717) is 10.0 Å². The van der Waals surface area contributed by atoms with Crippen LogP contribution in [0.5, 0.6) is 11.5 Å².